The first-order valence-electron chi connectivity index (χ1n) is 8.50. The second kappa shape index (κ2) is 7.75. The minimum Gasteiger partial charge on any atom is -0.443 e. The molecule has 144 valence electrons. The van der Waals surface area contributed by atoms with E-state index in [2.05, 4.69) is 0 Å². The molecule has 1 heterocycles. The number of hydrogen-bond acceptors (Lipinski definition) is 6. The summed E-state index contributed by atoms with van der Waals surface area (Å²) in [6.45, 7) is 7.20. The molecule has 0 spiro atoms. The van der Waals surface area contributed by atoms with Gasteiger partial charge >= 0.3 is 6.09 Å². The molecule has 1 saturated heterocycles. The number of imide groups is 1. The fraction of sp³-hybridized carbons (Fsp3) is 0.556. The van der Waals surface area contributed by atoms with E-state index in [-0.39, 0.29) is 30.4 Å². The largest absolute Gasteiger partial charge is 0.443 e. The van der Waals surface area contributed by atoms with E-state index in [1.165, 1.54) is 12.1 Å². The maximum absolute atomic E-state index is 12.3. The Morgan fingerprint density at radius 3 is 2.42 bits per heavy atom. The zero-order chi connectivity index (χ0) is 19.5. The van der Waals surface area contributed by atoms with Gasteiger partial charge in [-0.2, -0.15) is 8.42 Å². The first-order valence-corrected chi connectivity index (χ1v) is 9.91. The van der Waals surface area contributed by atoms with Crippen LogP contribution in [0.25, 0.3) is 0 Å². The third-order valence-corrected chi connectivity index (χ3v) is 5.27. The Morgan fingerprint density at radius 1 is 1.23 bits per heavy atom. The van der Waals surface area contributed by atoms with Gasteiger partial charge in [0.15, 0.2) is 0 Å². The van der Waals surface area contributed by atoms with Crippen LogP contribution in [0.4, 0.5) is 4.79 Å². The second-order valence-electron chi connectivity index (χ2n) is 7.33. The van der Waals surface area contributed by atoms with Gasteiger partial charge in [0.05, 0.1) is 11.5 Å². The van der Waals surface area contributed by atoms with Crippen molar-refractivity contribution >= 4 is 22.1 Å². The lowest BCUT2D eigenvalue weighted by atomic mass is 10.1. The van der Waals surface area contributed by atoms with E-state index >= 15 is 0 Å². The Kier molecular flexibility index (Phi) is 6.08. The van der Waals surface area contributed by atoms with Crippen LogP contribution in [0.3, 0.4) is 0 Å². The normalized spacial score (nSPS) is 18.2. The van der Waals surface area contributed by atoms with Crippen LogP contribution in [0.1, 0.15) is 39.2 Å². The molecular formula is C18H25NO6S. The zero-order valence-corrected chi connectivity index (χ0v) is 16.3. The van der Waals surface area contributed by atoms with Crippen LogP contribution < -0.4 is 0 Å². The molecule has 1 aliphatic rings. The number of amides is 2. The molecule has 26 heavy (non-hydrogen) atoms. The first-order chi connectivity index (χ1) is 12.0. The van der Waals surface area contributed by atoms with Gasteiger partial charge in [-0.15, -0.1) is 0 Å². The second-order valence-corrected chi connectivity index (χ2v) is 8.95. The highest BCUT2D eigenvalue weighted by Crippen LogP contribution is 2.24. The van der Waals surface area contributed by atoms with Crippen molar-refractivity contribution in [3.63, 3.8) is 0 Å². The van der Waals surface area contributed by atoms with Crippen molar-refractivity contribution in [2.24, 2.45) is 5.92 Å². The Morgan fingerprint density at radius 2 is 1.85 bits per heavy atom. The van der Waals surface area contributed by atoms with Crippen molar-refractivity contribution in [2.45, 2.75) is 51.0 Å². The molecule has 1 fully saturated rings. The third-order valence-electron chi connectivity index (χ3n) is 3.94. The molecule has 1 aromatic rings. The number of hydrogen-bond donors (Lipinski definition) is 0. The summed E-state index contributed by atoms with van der Waals surface area (Å²) in [5, 5.41) is 0. The first kappa shape index (κ1) is 20.4. The number of likely N-dealkylation sites (tertiary alicyclic amines) is 1. The quantitative estimate of drug-likeness (QED) is 0.726. The standard InChI is InChI=1S/C18H25NO6S/c1-13-5-7-15(8-6-13)26(22,23)24-12-10-14-9-11-19(16(14)20)17(21)25-18(2,3)4/h5-8,14H,9-12H2,1-4H3. The zero-order valence-electron chi connectivity index (χ0n) is 15.5. The number of ether oxygens (including phenoxy) is 1. The molecular weight excluding hydrogens is 358 g/mol. The molecule has 0 radical (unpaired) electrons. The van der Waals surface area contributed by atoms with E-state index in [1.807, 2.05) is 6.92 Å². The van der Waals surface area contributed by atoms with Gasteiger partial charge in [0.25, 0.3) is 10.1 Å². The van der Waals surface area contributed by atoms with E-state index < -0.39 is 27.7 Å². The smallest absolute Gasteiger partial charge is 0.417 e. The fourth-order valence-corrected chi connectivity index (χ4v) is 3.50. The molecule has 7 nitrogen and oxygen atoms in total. The van der Waals surface area contributed by atoms with Gasteiger partial charge < -0.3 is 4.74 Å². The molecule has 1 aromatic carbocycles. The van der Waals surface area contributed by atoms with E-state index in [1.54, 1.807) is 32.9 Å². The molecule has 8 heteroatoms. The van der Waals surface area contributed by atoms with Crippen LogP contribution in [-0.4, -0.2) is 44.1 Å². The Labute approximate surface area is 154 Å². The molecule has 2 amide bonds. The van der Waals surface area contributed by atoms with E-state index in [4.69, 9.17) is 8.92 Å². The molecule has 2 rings (SSSR count). The van der Waals surface area contributed by atoms with Gasteiger partial charge in [-0.1, -0.05) is 17.7 Å². The summed E-state index contributed by atoms with van der Waals surface area (Å²) in [5.41, 5.74) is 0.267. The van der Waals surface area contributed by atoms with Crippen molar-refractivity contribution in [3.8, 4) is 0 Å². The van der Waals surface area contributed by atoms with Crippen LogP contribution in [0.5, 0.6) is 0 Å². The SMILES string of the molecule is Cc1ccc(S(=O)(=O)OCCC2CCN(C(=O)OC(C)(C)C)C2=O)cc1. The van der Waals surface area contributed by atoms with Gasteiger partial charge in [0, 0.05) is 12.5 Å². The highest BCUT2D eigenvalue weighted by atomic mass is 32.2. The summed E-state index contributed by atoms with van der Waals surface area (Å²) in [6.07, 6.45) is 0.0214. The van der Waals surface area contributed by atoms with Crippen molar-refractivity contribution in [2.75, 3.05) is 13.2 Å². The molecule has 1 aliphatic heterocycles. The Balaban J connectivity index is 1.88. The summed E-state index contributed by atoms with van der Waals surface area (Å²) in [4.78, 5) is 25.5. The number of carbonyl (C=O) groups excluding carboxylic acids is 2. The molecule has 0 bridgehead atoms. The van der Waals surface area contributed by atoms with Crippen LogP contribution in [0, 0.1) is 12.8 Å². The van der Waals surface area contributed by atoms with Gasteiger partial charge in [-0.3, -0.25) is 8.98 Å². The van der Waals surface area contributed by atoms with Crippen molar-refractivity contribution in [3.05, 3.63) is 29.8 Å². The molecule has 0 aliphatic carbocycles. The minimum absolute atomic E-state index is 0.0798. The van der Waals surface area contributed by atoms with E-state index in [0.29, 0.717) is 6.42 Å². The van der Waals surface area contributed by atoms with Crippen LogP contribution in [-0.2, 0) is 23.8 Å². The van der Waals surface area contributed by atoms with Crippen molar-refractivity contribution in [1.29, 1.82) is 0 Å². The average molecular weight is 383 g/mol. The number of carbonyl (C=O) groups is 2. The summed E-state index contributed by atoms with van der Waals surface area (Å²) in [6, 6.07) is 6.34. The fourth-order valence-electron chi connectivity index (χ4n) is 2.58. The molecule has 0 aromatic heterocycles. The summed E-state index contributed by atoms with van der Waals surface area (Å²) in [7, 11) is -3.86. The van der Waals surface area contributed by atoms with Crippen molar-refractivity contribution < 1.29 is 26.9 Å². The molecule has 0 saturated carbocycles. The van der Waals surface area contributed by atoms with Crippen LogP contribution >= 0.6 is 0 Å². The van der Waals surface area contributed by atoms with Crippen molar-refractivity contribution in [1.82, 2.24) is 4.90 Å². The number of aryl methyl sites for hydroxylation is 1. The number of nitrogens with zero attached hydrogens (tertiary/aromatic N) is 1. The lowest BCUT2D eigenvalue weighted by Crippen LogP contribution is -2.38. The topological polar surface area (TPSA) is 90.0 Å². The van der Waals surface area contributed by atoms with E-state index in [9.17, 15) is 18.0 Å². The van der Waals surface area contributed by atoms with Gasteiger partial charge in [0.1, 0.15) is 5.60 Å². The van der Waals surface area contributed by atoms with Crippen LogP contribution in [0.2, 0.25) is 0 Å². The molecule has 0 N–H and O–H groups in total. The summed E-state index contributed by atoms with van der Waals surface area (Å²) >= 11 is 0. The minimum atomic E-state index is -3.86. The highest BCUT2D eigenvalue weighted by Gasteiger charge is 2.37. The predicted molar refractivity (Wildman–Crippen MR) is 95.0 cm³/mol. The average Bonchev–Trinajstić information content (AvgIpc) is 2.87. The van der Waals surface area contributed by atoms with Crippen LogP contribution in [0.15, 0.2) is 29.2 Å². The highest BCUT2D eigenvalue weighted by molar-refractivity contribution is 7.86. The van der Waals surface area contributed by atoms with Gasteiger partial charge in [-0.05, 0) is 52.7 Å². The Bertz CT molecular complexity index is 764. The number of rotatable bonds is 5. The third kappa shape index (κ3) is 5.28. The molecule has 1 atom stereocenters. The Hall–Kier alpha value is -1.93. The summed E-state index contributed by atoms with van der Waals surface area (Å²) < 4.78 is 34.5. The maximum atomic E-state index is 12.3. The molecule has 1 unspecified atom stereocenters. The lowest BCUT2D eigenvalue weighted by Gasteiger charge is -2.23. The summed E-state index contributed by atoms with van der Waals surface area (Å²) in [5.74, 6) is -0.800. The van der Waals surface area contributed by atoms with E-state index in [0.717, 1.165) is 10.5 Å². The van der Waals surface area contributed by atoms with Gasteiger partial charge in [0.2, 0.25) is 5.91 Å². The monoisotopic (exact) mass is 383 g/mol. The number of benzene rings is 1. The van der Waals surface area contributed by atoms with Gasteiger partial charge in [-0.25, -0.2) is 9.69 Å². The maximum Gasteiger partial charge on any atom is 0.417 e. The predicted octanol–water partition coefficient (Wildman–Crippen LogP) is 2.87. The lowest BCUT2D eigenvalue weighted by molar-refractivity contribution is -0.130.